The van der Waals surface area contributed by atoms with Crippen molar-refractivity contribution in [1.82, 2.24) is 9.78 Å². The highest BCUT2D eigenvalue weighted by Gasteiger charge is 2.03. The normalized spacial score (nSPS) is 10.4. The second-order valence-corrected chi connectivity index (χ2v) is 5.39. The molecule has 0 saturated heterocycles. The Hall–Kier alpha value is -1.62. The van der Waals surface area contributed by atoms with E-state index in [2.05, 4.69) is 26.3 Å². The number of nitrogens with one attached hydrogen (secondary N) is 1. The molecule has 1 aromatic carbocycles. The van der Waals surface area contributed by atoms with Gasteiger partial charge in [-0.05, 0) is 36.6 Å². The number of halogens is 1. The van der Waals surface area contributed by atoms with Gasteiger partial charge in [-0.15, -0.1) is 0 Å². The summed E-state index contributed by atoms with van der Waals surface area (Å²) in [6, 6.07) is 9.78. The molecule has 2 rings (SSSR count). The van der Waals surface area contributed by atoms with E-state index in [-0.39, 0.29) is 5.91 Å². The summed E-state index contributed by atoms with van der Waals surface area (Å²) in [5, 5.41) is 8.06. The first-order valence-corrected chi connectivity index (χ1v) is 7.82. The minimum absolute atomic E-state index is 0.0715. The van der Waals surface area contributed by atoms with Crippen molar-refractivity contribution >= 4 is 27.5 Å². The number of alkyl halides is 1. The lowest BCUT2D eigenvalue weighted by molar-refractivity contribution is -0.116. The summed E-state index contributed by atoms with van der Waals surface area (Å²) in [7, 11) is 0. The number of nitrogens with zero attached hydrogens (tertiary/aromatic N) is 2. The second kappa shape index (κ2) is 7.85. The van der Waals surface area contributed by atoms with Crippen LogP contribution in [0.15, 0.2) is 42.7 Å². The van der Waals surface area contributed by atoms with Gasteiger partial charge in [0.2, 0.25) is 5.91 Å². The van der Waals surface area contributed by atoms with Crippen LogP contribution < -0.4 is 5.32 Å². The Labute approximate surface area is 127 Å². The summed E-state index contributed by atoms with van der Waals surface area (Å²) < 4.78 is 1.86. The Morgan fingerprint density at radius 3 is 2.95 bits per heavy atom. The molecule has 0 radical (unpaired) electrons. The molecule has 0 bridgehead atoms. The molecular formula is C15H18BrN3O. The number of rotatable bonds is 7. The first-order chi connectivity index (χ1) is 9.78. The second-order valence-electron chi connectivity index (χ2n) is 4.60. The summed E-state index contributed by atoms with van der Waals surface area (Å²) in [4.78, 5) is 11.8. The van der Waals surface area contributed by atoms with Crippen molar-refractivity contribution in [2.24, 2.45) is 0 Å². The lowest BCUT2D eigenvalue weighted by Crippen LogP contribution is -2.11. The van der Waals surface area contributed by atoms with Gasteiger partial charge in [0.15, 0.2) is 0 Å². The molecular weight excluding hydrogens is 318 g/mol. The third-order valence-corrected chi connectivity index (χ3v) is 3.46. The fraction of sp³-hybridized carbons (Fsp3) is 0.333. The summed E-state index contributed by atoms with van der Waals surface area (Å²) in [5.74, 6) is 0.0715. The number of anilines is 1. The van der Waals surface area contributed by atoms with Crippen LogP contribution in [0.4, 0.5) is 5.69 Å². The van der Waals surface area contributed by atoms with Crippen LogP contribution in [0.25, 0.3) is 0 Å². The van der Waals surface area contributed by atoms with Crippen LogP contribution in [0.5, 0.6) is 0 Å². The van der Waals surface area contributed by atoms with Crippen molar-refractivity contribution in [3.05, 3.63) is 48.3 Å². The van der Waals surface area contributed by atoms with Gasteiger partial charge < -0.3 is 5.32 Å². The van der Waals surface area contributed by atoms with E-state index in [4.69, 9.17) is 0 Å². The first kappa shape index (κ1) is 14.8. The molecule has 0 saturated carbocycles. The van der Waals surface area contributed by atoms with E-state index in [1.54, 1.807) is 6.20 Å². The highest BCUT2D eigenvalue weighted by molar-refractivity contribution is 9.09. The molecule has 0 aliphatic heterocycles. The van der Waals surface area contributed by atoms with Crippen LogP contribution in [0.1, 0.15) is 24.8 Å². The summed E-state index contributed by atoms with van der Waals surface area (Å²) in [5.41, 5.74) is 1.96. The average molecular weight is 336 g/mol. The maximum absolute atomic E-state index is 11.8. The molecule has 1 N–H and O–H groups in total. The number of benzene rings is 1. The quantitative estimate of drug-likeness (QED) is 0.622. The van der Waals surface area contributed by atoms with Crippen molar-refractivity contribution in [2.45, 2.75) is 25.8 Å². The lowest BCUT2D eigenvalue weighted by atomic mass is 10.2. The fourth-order valence-corrected chi connectivity index (χ4v) is 2.33. The number of amides is 1. The van der Waals surface area contributed by atoms with E-state index in [0.717, 1.165) is 29.4 Å². The zero-order valence-electron chi connectivity index (χ0n) is 11.3. The summed E-state index contributed by atoms with van der Waals surface area (Å²) >= 11 is 3.36. The van der Waals surface area contributed by atoms with Crippen molar-refractivity contribution in [3.8, 4) is 0 Å². The highest BCUT2D eigenvalue weighted by Crippen LogP contribution is 2.12. The molecule has 0 unspecified atom stereocenters. The van der Waals surface area contributed by atoms with Crippen LogP contribution in [0, 0.1) is 0 Å². The Kier molecular flexibility index (Phi) is 5.80. The molecule has 0 fully saturated rings. The predicted molar refractivity (Wildman–Crippen MR) is 84.0 cm³/mol. The van der Waals surface area contributed by atoms with Gasteiger partial charge >= 0.3 is 0 Å². The Bertz CT molecular complexity index is 540. The van der Waals surface area contributed by atoms with Gasteiger partial charge in [0, 0.05) is 29.8 Å². The molecule has 106 valence electrons. The van der Waals surface area contributed by atoms with Crippen molar-refractivity contribution in [3.63, 3.8) is 0 Å². The third-order valence-electron chi connectivity index (χ3n) is 2.90. The number of carbonyl (C=O) groups excluding carboxylic acids is 1. The van der Waals surface area contributed by atoms with E-state index in [9.17, 15) is 4.79 Å². The number of aromatic nitrogens is 2. The molecule has 1 heterocycles. The van der Waals surface area contributed by atoms with E-state index < -0.39 is 0 Å². The molecule has 2 aromatic rings. The van der Waals surface area contributed by atoms with Crippen LogP contribution in [0.3, 0.4) is 0 Å². The van der Waals surface area contributed by atoms with Gasteiger partial charge in [-0.3, -0.25) is 9.48 Å². The largest absolute Gasteiger partial charge is 0.326 e. The molecule has 20 heavy (non-hydrogen) atoms. The van der Waals surface area contributed by atoms with Gasteiger partial charge in [-0.25, -0.2) is 0 Å². The monoisotopic (exact) mass is 335 g/mol. The molecule has 0 spiro atoms. The van der Waals surface area contributed by atoms with Crippen LogP contribution in [-0.2, 0) is 11.3 Å². The highest BCUT2D eigenvalue weighted by atomic mass is 79.9. The van der Waals surface area contributed by atoms with Crippen molar-refractivity contribution in [2.75, 3.05) is 10.6 Å². The Morgan fingerprint density at radius 1 is 1.30 bits per heavy atom. The fourth-order valence-electron chi connectivity index (χ4n) is 1.93. The molecule has 1 aromatic heterocycles. The van der Waals surface area contributed by atoms with Crippen LogP contribution >= 0.6 is 15.9 Å². The molecule has 5 heteroatoms. The van der Waals surface area contributed by atoms with Gasteiger partial charge in [0.1, 0.15) is 0 Å². The predicted octanol–water partition coefficient (Wildman–Crippen LogP) is 3.44. The maximum Gasteiger partial charge on any atom is 0.224 e. The van der Waals surface area contributed by atoms with Gasteiger partial charge in [-0.2, -0.15) is 5.10 Å². The maximum atomic E-state index is 11.8. The molecule has 0 aliphatic carbocycles. The zero-order valence-corrected chi connectivity index (χ0v) is 12.8. The lowest BCUT2D eigenvalue weighted by Gasteiger charge is -2.07. The van der Waals surface area contributed by atoms with Gasteiger partial charge in [0.05, 0.1) is 6.54 Å². The topological polar surface area (TPSA) is 46.9 Å². The molecule has 1 amide bonds. The molecule has 4 nitrogen and oxygen atoms in total. The Balaban J connectivity index is 1.90. The number of hydrogen-bond donors (Lipinski definition) is 1. The van der Waals surface area contributed by atoms with Crippen molar-refractivity contribution in [1.29, 1.82) is 0 Å². The smallest absolute Gasteiger partial charge is 0.224 e. The molecule has 0 aliphatic rings. The zero-order chi connectivity index (χ0) is 14.2. The van der Waals surface area contributed by atoms with Crippen LogP contribution in [-0.4, -0.2) is 21.0 Å². The van der Waals surface area contributed by atoms with E-state index in [1.165, 1.54) is 0 Å². The van der Waals surface area contributed by atoms with Gasteiger partial charge in [0.25, 0.3) is 0 Å². The minimum Gasteiger partial charge on any atom is -0.326 e. The van der Waals surface area contributed by atoms with Crippen LogP contribution in [0.2, 0.25) is 0 Å². The summed E-state index contributed by atoms with van der Waals surface area (Å²) in [6.45, 7) is 0.709. The molecule has 0 atom stereocenters. The number of unbranched alkanes of at least 4 members (excludes halogenated alkanes) is 1. The minimum atomic E-state index is 0.0715. The average Bonchev–Trinajstić information content (AvgIpc) is 2.92. The third kappa shape index (κ3) is 4.81. The van der Waals surface area contributed by atoms with E-state index >= 15 is 0 Å². The van der Waals surface area contributed by atoms with Gasteiger partial charge in [-0.1, -0.05) is 28.1 Å². The Morgan fingerprint density at radius 2 is 2.20 bits per heavy atom. The van der Waals surface area contributed by atoms with E-state index in [1.807, 2.05) is 41.2 Å². The van der Waals surface area contributed by atoms with Crippen molar-refractivity contribution < 1.29 is 4.79 Å². The standard InChI is InChI=1S/C15H18BrN3O/c16-8-2-1-7-15(20)18-14-6-3-5-13(11-14)12-19-10-4-9-17-19/h3-6,9-11H,1-2,7-8,12H2,(H,18,20). The number of hydrogen-bond acceptors (Lipinski definition) is 2. The first-order valence-electron chi connectivity index (χ1n) is 6.70. The summed E-state index contributed by atoms with van der Waals surface area (Å²) in [6.07, 6.45) is 6.17. The number of carbonyl (C=O) groups is 1. The van der Waals surface area contributed by atoms with E-state index in [0.29, 0.717) is 13.0 Å². The SMILES string of the molecule is O=C(CCCCBr)Nc1cccc(Cn2cccn2)c1.